The van der Waals surface area contributed by atoms with Gasteiger partial charge >= 0.3 is 0 Å². The van der Waals surface area contributed by atoms with E-state index in [1.807, 2.05) is 25.1 Å². The lowest BCUT2D eigenvalue weighted by Crippen LogP contribution is -2.11. The average molecular weight is 191 g/mol. The van der Waals surface area contributed by atoms with Gasteiger partial charge in [-0.25, -0.2) is 0 Å². The number of ether oxygens (including phenoxy) is 1. The highest BCUT2D eigenvalue weighted by molar-refractivity contribution is 5.47. The summed E-state index contributed by atoms with van der Waals surface area (Å²) in [6.07, 6.45) is 5.43. The largest absolute Gasteiger partial charge is 0.490 e. The number of anilines is 1. The molecule has 0 amide bonds. The van der Waals surface area contributed by atoms with Crippen molar-refractivity contribution >= 4 is 5.69 Å². The molecule has 1 aromatic rings. The van der Waals surface area contributed by atoms with Crippen LogP contribution in [0.2, 0.25) is 0 Å². The summed E-state index contributed by atoms with van der Waals surface area (Å²) in [4.78, 5) is 0. The van der Waals surface area contributed by atoms with E-state index in [0.717, 1.165) is 17.0 Å². The van der Waals surface area contributed by atoms with E-state index in [0.29, 0.717) is 6.10 Å². The monoisotopic (exact) mass is 191 g/mol. The molecule has 0 bridgehead atoms. The van der Waals surface area contributed by atoms with Crippen molar-refractivity contribution in [1.82, 2.24) is 0 Å². The molecule has 2 heteroatoms. The van der Waals surface area contributed by atoms with Crippen LogP contribution in [0.25, 0.3) is 0 Å². The zero-order valence-electron chi connectivity index (χ0n) is 8.62. The third-order valence-corrected chi connectivity index (χ3v) is 2.79. The summed E-state index contributed by atoms with van der Waals surface area (Å²) < 4.78 is 5.91. The van der Waals surface area contributed by atoms with Crippen LogP contribution in [0.1, 0.15) is 31.2 Å². The van der Waals surface area contributed by atoms with E-state index in [-0.39, 0.29) is 0 Å². The molecule has 2 rings (SSSR count). The Labute approximate surface area is 85.1 Å². The maximum Gasteiger partial charge on any atom is 0.122 e. The van der Waals surface area contributed by atoms with Gasteiger partial charge in [0.1, 0.15) is 5.75 Å². The molecule has 0 spiro atoms. The molecule has 0 aromatic heterocycles. The summed E-state index contributed by atoms with van der Waals surface area (Å²) in [6.45, 7) is 2.04. The van der Waals surface area contributed by atoms with Gasteiger partial charge in [-0.2, -0.15) is 0 Å². The molecule has 0 radical (unpaired) electrons. The van der Waals surface area contributed by atoms with Crippen molar-refractivity contribution in [3.8, 4) is 5.75 Å². The number of rotatable bonds is 2. The van der Waals surface area contributed by atoms with Crippen LogP contribution < -0.4 is 10.5 Å². The maximum absolute atomic E-state index is 5.91. The van der Waals surface area contributed by atoms with Gasteiger partial charge in [-0.3, -0.25) is 0 Å². The molecule has 0 aliphatic heterocycles. The maximum atomic E-state index is 5.91. The van der Waals surface area contributed by atoms with Crippen molar-refractivity contribution in [1.29, 1.82) is 0 Å². The fraction of sp³-hybridized carbons (Fsp3) is 0.500. The van der Waals surface area contributed by atoms with Crippen molar-refractivity contribution in [3.63, 3.8) is 0 Å². The van der Waals surface area contributed by atoms with Gasteiger partial charge in [0.05, 0.1) is 6.10 Å². The molecular formula is C12H17NO. The van der Waals surface area contributed by atoms with E-state index in [2.05, 4.69) is 0 Å². The van der Waals surface area contributed by atoms with Crippen LogP contribution in [0, 0.1) is 6.92 Å². The third-order valence-electron chi connectivity index (χ3n) is 2.79. The Morgan fingerprint density at radius 1 is 1.29 bits per heavy atom. The fourth-order valence-electron chi connectivity index (χ4n) is 1.99. The minimum Gasteiger partial charge on any atom is -0.490 e. The van der Waals surface area contributed by atoms with Crippen LogP contribution in [0.3, 0.4) is 0 Å². The average Bonchev–Trinajstić information content (AvgIpc) is 2.62. The highest BCUT2D eigenvalue weighted by Crippen LogP contribution is 2.27. The molecular weight excluding hydrogens is 174 g/mol. The second-order valence-corrected chi connectivity index (χ2v) is 4.05. The molecule has 2 nitrogen and oxygen atoms in total. The molecule has 0 heterocycles. The SMILES string of the molecule is Cc1cc(N)ccc1OC1CCCC1. The molecule has 2 N–H and O–H groups in total. The molecule has 14 heavy (non-hydrogen) atoms. The van der Waals surface area contributed by atoms with E-state index >= 15 is 0 Å². The quantitative estimate of drug-likeness (QED) is 0.729. The number of nitrogens with two attached hydrogens (primary N) is 1. The number of aryl methyl sites for hydroxylation is 1. The van der Waals surface area contributed by atoms with Crippen molar-refractivity contribution in [2.24, 2.45) is 0 Å². The summed E-state index contributed by atoms with van der Waals surface area (Å²) in [6, 6.07) is 5.84. The number of hydrogen-bond donors (Lipinski definition) is 1. The van der Waals surface area contributed by atoms with Gasteiger partial charge in [0.15, 0.2) is 0 Å². The highest BCUT2D eigenvalue weighted by Gasteiger charge is 2.16. The summed E-state index contributed by atoms with van der Waals surface area (Å²) in [5, 5.41) is 0. The Morgan fingerprint density at radius 3 is 2.64 bits per heavy atom. The van der Waals surface area contributed by atoms with E-state index in [1.165, 1.54) is 25.7 Å². The highest BCUT2D eigenvalue weighted by atomic mass is 16.5. The molecule has 1 aliphatic carbocycles. The van der Waals surface area contributed by atoms with Crippen LogP contribution in [0.4, 0.5) is 5.69 Å². The number of benzene rings is 1. The predicted molar refractivity (Wildman–Crippen MR) is 58.5 cm³/mol. The lowest BCUT2D eigenvalue weighted by Gasteiger charge is -2.15. The standard InChI is InChI=1S/C12H17NO/c1-9-8-10(13)6-7-12(9)14-11-4-2-3-5-11/h6-8,11H,2-5,13H2,1H3. The van der Waals surface area contributed by atoms with Gasteiger partial charge in [0.25, 0.3) is 0 Å². The van der Waals surface area contributed by atoms with Crippen molar-refractivity contribution in [2.75, 3.05) is 5.73 Å². The fourth-order valence-corrected chi connectivity index (χ4v) is 1.99. The minimum atomic E-state index is 0.428. The first-order chi connectivity index (χ1) is 6.75. The molecule has 1 fully saturated rings. The van der Waals surface area contributed by atoms with E-state index in [1.54, 1.807) is 0 Å². The van der Waals surface area contributed by atoms with Gasteiger partial charge in [0.2, 0.25) is 0 Å². The first-order valence-corrected chi connectivity index (χ1v) is 5.28. The lowest BCUT2D eigenvalue weighted by molar-refractivity contribution is 0.208. The molecule has 76 valence electrons. The van der Waals surface area contributed by atoms with Crippen LogP contribution in [-0.4, -0.2) is 6.10 Å². The molecule has 1 aliphatic rings. The smallest absolute Gasteiger partial charge is 0.122 e. The van der Waals surface area contributed by atoms with Crippen molar-refractivity contribution in [3.05, 3.63) is 23.8 Å². The van der Waals surface area contributed by atoms with Crippen molar-refractivity contribution in [2.45, 2.75) is 38.7 Å². The van der Waals surface area contributed by atoms with E-state index < -0.39 is 0 Å². The number of hydrogen-bond acceptors (Lipinski definition) is 2. The van der Waals surface area contributed by atoms with Gasteiger partial charge in [-0.15, -0.1) is 0 Å². The van der Waals surface area contributed by atoms with E-state index in [9.17, 15) is 0 Å². The summed E-state index contributed by atoms with van der Waals surface area (Å²) in [5.41, 5.74) is 7.62. The first-order valence-electron chi connectivity index (χ1n) is 5.28. The molecule has 1 aromatic carbocycles. The Hall–Kier alpha value is -1.18. The summed E-state index contributed by atoms with van der Waals surface area (Å²) in [7, 11) is 0. The van der Waals surface area contributed by atoms with Gasteiger partial charge in [-0.1, -0.05) is 0 Å². The van der Waals surface area contributed by atoms with Crippen LogP contribution in [-0.2, 0) is 0 Å². The summed E-state index contributed by atoms with van der Waals surface area (Å²) in [5.74, 6) is 0.992. The van der Waals surface area contributed by atoms with E-state index in [4.69, 9.17) is 10.5 Å². The van der Waals surface area contributed by atoms with Gasteiger partial charge in [0, 0.05) is 5.69 Å². The molecule has 0 atom stereocenters. The van der Waals surface area contributed by atoms with Crippen LogP contribution in [0.5, 0.6) is 5.75 Å². The summed E-state index contributed by atoms with van der Waals surface area (Å²) >= 11 is 0. The van der Waals surface area contributed by atoms with Crippen LogP contribution >= 0.6 is 0 Å². The third kappa shape index (κ3) is 2.00. The zero-order chi connectivity index (χ0) is 9.97. The van der Waals surface area contributed by atoms with Gasteiger partial charge < -0.3 is 10.5 Å². The Kier molecular flexibility index (Phi) is 2.62. The first kappa shape index (κ1) is 9.38. The zero-order valence-corrected chi connectivity index (χ0v) is 8.62. The Balaban J connectivity index is 2.08. The van der Waals surface area contributed by atoms with Crippen LogP contribution in [0.15, 0.2) is 18.2 Å². The molecule has 1 saturated carbocycles. The van der Waals surface area contributed by atoms with Crippen molar-refractivity contribution < 1.29 is 4.74 Å². The second kappa shape index (κ2) is 3.91. The molecule has 0 unspecified atom stereocenters. The topological polar surface area (TPSA) is 35.2 Å². The predicted octanol–water partition coefficient (Wildman–Crippen LogP) is 2.90. The minimum absolute atomic E-state index is 0.428. The normalized spacial score (nSPS) is 17.2. The molecule has 0 saturated heterocycles. The Bertz CT molecular complexity index is 316. The van der Waals surface area contributed by atoms with Gasteiger partial charge in [-0.05, 0) is 56.4 Å². The lowest BCUT2D eigenvalue weighted by atomic mass is 10.2. The Morgan fingerprint density at radius 2 is 2.00 bits per heavy atom. The number of nitrogen functional groups attached to an aromatic ring is 1. The second-order valence-electron chi connectivity index (χ2n) is 4.05.